The van der Waals surface area contributed by atoms with Gasteiger partial charge in [0.2, 0.25) is 0 Å². The molecule has 0 amide bonds. The van der Waals surface area contributed by atoms with E-state index < -0.39 is 4.92 Å². The van der Waals surface area contributed by atoms with Gasteiger partial charge in [-0.3, -0.25) is 10.1 Å². The van der Waals surface area contributed by atoms with E-state index in [0.29, 0.717) is 9.49 Å². The maximum Gasteiger partial charge on any atom is 0.269 e. The Morgan fingerprint density at radius 2 is 1.33 bits per heavy atom. The molecule has 0 spiro atoms. The molecule has 1 aromatic carbocycles. The topological polar surface area (TPSA) is 43.1 Å². The van der Waals surface area contributed by atoms with Gasteiger partial charge < -0.3 is 0 Å². The Balaban J connectivity index is 0.000000321. The molecule has 0 radical (unpaired) electrons. The summed E-state index contributed by atoms with van der Waals surface area (Å²) >= 11 is 2.01. The van der Waals surface area contributed by atoms with E-state index >= 15 is 0 Å². The third-order valence-corrected chi connectivity index (χ3v) is 2.80. The van der Waals surface area contributed by atoms with Gasteiger partial charge in [-0.2, -0.15) is 11.8 Å². The van der Waals surface area contributed by atoms with E-state index in [2.05, 4.69) is 41.5 Å². The van der Waals surface area contributed by atoms with E-state index in [1.165, 1.54) is 12.1 Å². The van der Waals surface area contributed by atoms with Gasteiger partial charge in [0, 0.05) is 21.6 Å². The van der Waals surface area contributed by atoms with Crippen LogP contribution in [0.15, 0.2) is 30.3 Å². The summed E-state index contributed by atoms with van der Waals surface area (Å²) in [4.78, 5) is 9.59. The molecule has 0 saturated carbocycles. The molecule has 0 fully saturated rings. The number of non-ortho nitro benzene ring substituents is 1. The average molecular weight is 269 g/mol. The van der Waals surface area contributed by atoms with Gasteiger partial charge in [-0.05, 0) is 0 Å². The quantitative estimate of drug-likeness (QED) is 0.537. The van der Waals surface area contributed by atoms with Crippen molar-refractivity contribution in [1.29, 1.82) is 0 Å². The SMILES string of the molecule is CC(C)(C)SC(C)(C)C.O=[N+]([O-])c1ccccc1. The Hall–Kier alpha value is -1.03. The smallest absolute Gasteiger partial charge is 0.258 e. The lowest BCUT2D eigenvalue weighted by Gasteiger charge is -2.28. The Labute approximate surface area is 114 Å². The van der Waals surface area contributed by atoms with Crippen LogP contribution in [0, 0.1) is 10.1 Å². The molecule has 0 N–H and O–H groups in total. The minimum absolute atomic E-state index is 0.137. The fourth-order valence-electron chi connectivity index (χ4n) is 1.47. The highest BCUT2D eigenvalue weighted by Gasteiger charge is 2.20. The minimum Gasteiger partial charge on any atom is -0.258 e. The predicted molar refractivity (Wildman–Crippen MR) is 80.2 cm³/mol. The number of thioether (sulfide) groups is 1. The number of nitro groups is 1. The van der Waals surface area contributed by atoms with E-state index in [1.807, 2.05) is 11.8 Å². The molecule has 0 atom stereocenters. The predicted octanol–water partition coefficient (Wildman–Crippen LogP) is 4.91. The molecule has 0 aliphatic carbocycles. The highest BCUT2D eigenvalue weighted by molar-refractivity contribution is 8.01. The van der Waals surface area contributed by atoms with Gasteiger partial charge in [-0.25, -0.2) is 0 Å². The van der Waals surface area contributed by atoms with Gasteiger partial charge in [0.25, 0.3) is 5.69 Å². The summed E-state index contributed by atoms with van der Waals surface area (Å²) in [5, 5.41) is 10.0. The van der Waals surface area contributed by atoms with Crippen molar-refractivity contribution in [3.05, 3.63) is 40.4 Å². The molecule has 0 aliphatic heterocycles. The van der Waals surface area contributed by atoms with Crippen LogP contribution in [0.2, 0.25) is 0 Å². The second-order valence-corrected chi connectivity index (χ2v) is 8.57. The lowest BCUT2D eigenvalue weighted by molar-refractivity contribution is -0.384. The number of nitrogens with zero attached hydrogens (tertiary/aromatic N) is 1. The highest BCUT2D eigenvalue weighted by atomic mass is 32.2. The zero-order valence-electron chi connectivity index (χ0n) is 12.1. The first-order valence-corrected chi connectivity index (χ1v) is 6.72. The number of hydrogen-bond donors (Lipinski definition) is 0. The third kappa shape index (κ3) is 10.1. The third-order valence-electron chi connectivity index (χ3n) is 1.58. The summed E-state index contributed by atoms with van der Waals surface area (Å²) < 4.78 is 0.802. The summed E-state index contributed by atoms with van der Waals surface area (Å²) in [5.74, 6) is 0. The molecular weight excluding hydrogens is 246 g/mol. The van der Waals surface area contributed by atoms with Crippen molar-refractivity contribution < 1.29 is 4.92 Å². The summed E-state index contributed by atoms with van der Waals surface area (Å²) in [5.41, 5.74) is 0.137. The molecule has 0 unspecified atom stereocenters. The molecule has 4 heteroatoms. The minimum atomic E-state index is -0.417. The van der Waals surface area contributed by atoms with Crippen LogP contribution in [-0.2, 0) is 0 Å². The molecule has 18 heavy (non-hydrogen) atoms. The molecule has 0 aromatic heterocycles. The maximum absolute atomic E-state index is 10.0. The summed E-state index contributed by atoms with van der Waals surface area (Å²) in [6.45, 7) is 13.5. The second-order valence-electron chi connectivity index (χ2n) is 5.92. The summed E-state index contributed by atoms with van der Waals surface area (Å²) in [7, 11) is 0. The van der Waals surface area contributed by atoms with Gasteiger partial charge in [0.15, 0.2) is 0 Å². The first-order chi connectivity index (χ1) is 8.01. The number of hydrogen-bond acceptors (Lipinski definition) is 3. The molecule has 0 heterocycles. The highest BCUT2D eigenvalue weighted by Crippen LogP contribution is 2.35. The number of benzene rings is 1. The van der Waals surface area contributed by atoms with E-state index in [9.17, 15) is 10.1 Å². The van der Waals surface area contributed by atoms with Crippen LogP contribution in [0.3, 0.4) is 0 Å². The van der Waals surface area contributed by atoms with E-state index in [1.54, 1.807) is 18.2 Å². The molecule has 1 aromatic rings. The van der Waals surface area contributed by atoms with Crippen LogP contribution < -0.4 is 0 Å². The van der Waals surface area contributed by atoms with Crippen molar-refractivity contribution >= 4 is 17.4 Å². The van der Waals surface area contributed by atoms with Crippen LogP contribution in [-0.4, -0.2) is 14.4 Å². The van der Waals surface area contributed by atoms with Gasteiger partial charge in [-0.1, -0.05) is 59.7 Å². The summed E-state index contributed by atoms with van der Waals surface area (Å²) in [6.07, 6.45) is 0. The molecule has 102 valence electrons. The Morgan fingerprint density at radius 3 is 1.50 bits per heavy atom. The van der Waals surface area contributed by atoms with Crippen molar-refractivity contribution in [2.75, 3.05) is 0 Å². The van der Waals surface area contributed by atoms with Gasteiger partial charge in [-0.15, -0.1) is 0 Å². The van der Waals surface area contributed by atoms with Crippen molar-refractivity contribution in [1.82, 2.24) is 0 Å². The van der Waals surface area contributed by atoms with Gasteiger partial charge >= 0.3 is 0 Å². The molecule has 0 saturated heterocycles. The van der Waals surface area contributed by atoms with E-state index in [4.69, 9.17) is 0 Å². The van der Waals surface area contributed by atoms with Crippen LogP contribution in [0.4, 0.5) is 5.69 Å². The Morgan fingerprint density at radius 1 is 0.944 bits per heavy atom. The normalized spacial score (nSPS) is 11.4. The zero-order valence-corrected chi connectivity index (χ0v) is 12.9. The van der Waals surface area contributed by atoms with Crippen LogP contribution in [0.5, 0.6) is 0 Å². The van der Waals surface area contributed by atoms with Gasteiger partial charge in [0.1, 0.15) is 0 Å². The molecule has 0 aliphatic rings. The maximum atomic E-state index is 10.0. The van der Waals surface area contributed by atoms with Crippen molar-refractivity contribution in [3.8, 4) is 0 Å². The lowest BCUT2D eigenvalue weighted by Crippen LogP contribution is -2.19. The first kappa shape index (κ1) is 17.0. The Bertz CT molecular complexity index is 352. The van der Waals surface area contributed by atoms with Crippen molar-refractivity contribution in [2.24, 2.45) is 0 Å². The molecule has 3 nitrogen and oxygen atoms in total. The Kier molecular flexibility index (Phi) is 6.39. The lowest BCUT2D eigenvalue weighted by atomic mass is 10.2. The molecular formula is C14H23NO2S. The van der Waals surface area contributed by atoms with E-state index in [0.717, 1.165) is 0 Å². The fourth-order valence-corrected chi connectivity index (χ4v) is 3.31. The fraction of sp³-hybridized carbons (Fsp3) is 0.571. The van der Waals surface area contributed by atoms with Crippen molar-refractivity contribution in [2.45, 2.75) is 51.0 Å². The average Bonchev–Trinajstić information content (AvgIpc) is 2.14. The second kappa shape index (κ2) is 6.78. The van der Waals surface area contributed by atoms with Crippen molar-refractivity contribution in [3.63, 3.8) is 0 Å². The largest absolute Gasteiger partial charge is 0.269 e. The van der Waals surface area contributed by atoms with Crippen LogP contribution >= 0.6 is 11.8 Å². The molecule has 1 rings (SSSR count). The van der Waals surface area contributed by atoms with Crippen LogP contribution in [0.1, 0.15) is 41.5 Å². The number of para-hydroxylation sites is 1. The number of nitro benzene ring substituents is 1. The summed E-state index contributed by atoms with van der Waals surface area (Å²) in [6, 6.07) is 7.93. The zero-order chi connectivity index (χ0) is 14.4. The standard InChI is InChI=1S/C8H18S.C6H5NO2/c1-7(2,3)9-8(4,5)6;8-7(9)6-4-2-1-3-5-6/h1-6H3;1-5H. The van der Waals surface area contributed by atoms with Crippen LogP contribution in [0.25, 0.3) is 0 Å². The number of rotatable bonds is 1. The van der Waals surface area contributed by atoms with Gasteiger partial charge in [0.05, 0.1) is 4.92 Å². The van der Waals surface area contributed by atoms with E-state index in [-0.39, 0.29) is 5.69 Å². The molecule has 0 bridgehead atoms. The first-order valence-electron chi connectivity index (χ1n) is 5.91. The monoisotopic (exact) mass is 269 g/mol.